The molecular formula is C10H5BrF3N. The molecule has 0 fully saturated rings. The number of pyridine rings is 1. The lowest BCUT2D eigenvalue weighted by Gasteiger charge is -2.09. The van der Waals surface area contributed by atoms with Gasteiger partial charge in [-0.2, -0.15) is 13.2 Å². The number of alkyl halides is 3. The summed E-state index contributed by atoms with van der Waals surface area (Å²) in [5, 5.41) is 0.465. The summed E-state index contributed by atoms with van der Waals surface area (Å²) in [6, 6.07) is 5.61. The minimum absolute atomic E-state index is 0.0284. The summed E-state index contributed by atoms with van der Waals surface area (Å²) in [5.41, 5.74) is -0.735. The van der Waals surface area contributed by atoms with Gasteiger partial charge in [0.1, 0.15) is 0 Å². The van der Waals surface area contributed by atoms with Crippen LogP contribution in [0.4, 0.5) is 13.2 Å². The van der Waals surface area contributed by atoms with E-state index in [9.17, 15) is 13.2 Å². The van der Waals surface area contributed by atoms with Crippen molar-refractivity contribution in [1.29, 1.82) is 0 Å². The lowest BCUT2D eigenvalue weighted by atomic mass is 10.1. The van der Waals surface area contributed by atoms with Crippen LogP contribution in [0.2, 0.25) is 0 Å². The molecule has 1 aromatic heterocycles. The molecule has 0 saturated heterocycles. The van der Waals surface area contributed by atoms with Crippen molar-refractivity contribution in [3.8, 4) is 0 Å². The van der Waals surface area contributed by atoms with E-state index in [0.29, 0.717) is 9.86 Å². The largest absolute Gasteiger partial charge is 0.418 e. The summed E-state index contributed by atoms with van der Waals surface area (Å²) >= 11 is 3.19. The van der Waals surface area contributed by atoms with Crippen LogP contribution < -0.4 is 0 Å². The summed E-state index contributed by atoms with van der Waals surface area (Å²) in [5.74, 6) is 0. The van der Waals surface area contributed by atoms with Crippen molar-refractivity contribution in [2.45, 2.75) is 6.18 Å². The van der Waals surface area contributed by atoms with Crippen LogP contribution >= 0.6 is 15.9 Å². The van der Waals surface area contributed by atoms with Gasteiger partial charge in [-0.15, -0.1) is 0 Å². The maximum Gasteiger partial charge on any atom is 0.418 e. The molecule has 0 radical (unpaired) electrons. The molecule has 0 N–H and O–H groups in total. The number of aromatic nitrogens is 1. The van der Waals surface area contributed by atoms with Crippen molar-refractivity contribution >= 4 is 26.8 Å². The zero-order valence-electron chi connectivity index (χ0n) is 7.35. The van der Waals surface area contributed by atoms with E-state index in [4.69, 9.17) is 0 Å². The van der Waals surface area contributed by atoms with Gasteiger partial charge in [-0.3, -0.25) is 4.98 Å². The second-order valence-electron chi connectivity index (χ2n) is 2.99. The molecule has 0 atom stereocenters. The first kappa shape index (κ1) is 10.4. The SMILES string of the molecule is FC(F)(F)c1ccc(Br)c2cccnc12. The summed E-state index contributed by atoms with van der Waals surface area (Å²) in [7, 11) is 0. The maximum atomic E-state index is 12.6. The van der Waals surface area contributed by atoms with Crippen LogP contribution in [0.3, 0.4) is 0 Å². The van der Waals surface area contributed by atoms with Gasteiger partial charge in [-0.25, -0.2) is 0 Å². The van der Waals surface area contributed by atoms with Crippen LogP contribution in [0.25, 0.3) is 10.9 Å². The number of benzene rings is 1. The molecule has 78 valence electrons. The first-order valence-corrected chi connectivity index (χ1v) is 4.90. The standard InChI is InChI=1S/C10H5BrF3N/c11-8-4-3-7(10(12,13)14)9-6(8)2-1-5-15-9/h1-5H. The molecule has 0 unspecified atom stereocenters. The Morgan fingerprint density at radius 2 is 1.87 bits per heavy atom. The first-order valence-electron chi connectivity index (χ1n) is 4.10. The Labute approximate surface area is 92.1 Å². The van der Waals surface area contributed by atoms with Crippen LogP contribution in [0.1, 0.15) is 5.56 Å². The van der Waals surface area contributed by atoms with Crippen LogP contribution in [-0.2, 0) is 6.18 Å². The second kappa shape index (κ2) is 3.48. The predicted molar refractivity (Wildman–Crippen MR) is 54.4 cm³/mol. The highest BCUT2D eigenvalue weighted by atomic mass is 79.9. The molecule has 1 heterocycles. The quantitative estimate of drug-likeness (QED) is 0.708. The van der Waals surface area contributed by atoms with Gasteiger partial charge in [0.15, 0.2) is 0 Å². The van der Waals surface area contributed by atoms with Gasteiger partial charge in [-0.1, -0.05) is 22.0 Å². The highest BCUT2D eigenvalue weighted by Gasteiger charge is 2.33. The van der Waals surface area contributed by atoms with Crippen LogP contribution in [-0.4, -0.2) is 4.98 Å². The predicted octanol–water partition coefficient (Wildman–Crippen LogP) is 4.02. The fourth-order valence-corrected chi connectivity index (χ4v) is 1.82. The first-order chi connectivity index (χ1) is 7.00. The molecule has 0 amide bonds. The van der Waals surface area contributed by atoms with E-state index < -0.39 is 11.7 Å². The number of hydrogen-bond donors (Lipinski definition) is 0. The maximum absolute atomic E-state index is 12.6. The second-order valence-corrected chi connectivity index (χ2v) is 3.85. The molecular weight excluding hydrogens is 271 g/mol. The number of rotatable bonds is 0. The Balaban J connectivity index is 2.84. The van der Waals surface area contributed by atoms with Gasteiger partial charge < -0.3 is 0 Å². The highest BCUT2D eigenvalue weighted by molar-refractivity contribution is 9.10. The third-order valence-corrected chi connectivity index (χ3v) is 2.71. The monoisotopic (exact) mass is 275 g/mol. The molecule has 0 aliphatic carbocycles. The molecule has 2 aromatic rings. The minimum atomic E-state index is -4.37. The summed E-state index contributed by atoms with van der Waals surface area (Å²) in [4.78, 5) is 3.76. The van der Waals surface area contributed by atoms with Crippen molar-refractivity contribution < 1.29 is 13.2 Å². The molecule has 0 bridgehead atoms. The van der Waals surface area contributed by atoms with Gasteiger partial charge >= 0.3 is 6.18 Å². The lowest BCUT2D eigenvalue weighted by Crippen LogP contribution is -2.06. The molecule has 0 spiro atoms. The number of fused-ring (bicyclic) bond motifs is 1. The molecule has 0 saturated carbocycles. The fraction of sp³-hybridized carbons (Fsp3) is 0.100. The van der Waals surface area contributed by atoms with Crippen molar-refractivity contribution in [1.82, 2.24) is 4.98 Å². The molecule has 5 heteroatoms. The Morgan fingerprint density at radius 3 is 2.53 bits per heavy atom. The zero-order chi connectivity index (χ0) is 11.1. The van der Waals surface area contributed by atoms with E-state index in [2.05, 4.69) is 20.9 Å². The Hall–Kier alpha value is -1.10. The third kappa shape index (κ3) is 1.84. The Kier molecular flexibility index (Phi) is 2.42. The van der Waals surface area contributed by atoms with Crippen LogP contribution in [0.5, 0.6) is 0 Å². The Morgan fingerprint density at radius 1 is 1.13 bits per heavy atom. The molecule has 15 heavy (non-hydrogen) atoms. The average Bonchev–Trinajstić information content (AvgIpc) is 2.17. The van der Waals surface area contributed by atoms with Crippen LogP contribution in [0, 0.1) is 0 Å². The van der Waals surface area contributed by atoms with E-state index in [1.54, 1.807) is 12.1 Å². The van der Waals surface area contributed by atoms with E-state index in [-0.39, 0.29) is 5.52 Å². The van der Waals surface area contributed by atoms with Crippen molar-refractivity contribution in [3.05, 3.63) is 40.5 Å². The van der Waals surface area contributed by atoms with E-state index in [1.165, 1.54) is 12.3 Å². The average molecular weight is 276 g/mol. The normalized spacial score (nSPS) is 12.0. The van der Waals surface area contributed by atoms with Gasteiger partial charge in [-0.05, 0) is 18.2 Å². The molecule has 2 rings (SSSR count). The van der Waals surface area contributed by atoms with Crippen LogP contribution in [0.15, 0.2) is 34.9 Å². The van der Waals surface area contributed by atoms with Crippen molar-refractivity contribution in [2.75, 3.05) is 0 Å². The molecule has 0 aliphatic rings. The highest BCUT2D eigenvalue weighted by Crippen LogP contribution is 2.36. The Bertz CT molecular complexity index is 507. The van der Waals surface area contributed by atoms with E-state index in [1.807, 2.05) is 0 Å². The minimum Gasteiger partial charge on any atom is -0.256 e. The topological polar surface area (TPSA) is 12.9 Å². The number of nitrogens with zero attached hydrogens (tertiary/aromatic N) is 1. The smallest absolute Gasteiger partial charge is 0.256 e. The zero-order valence-corrected chi connectivity index (χ0v) is 8.93. The third-order valence-electron chi connectivity index (χ3n) is 2.02. The number of halogens is 4. The lowest BCUT2D eigenvalue weighted by molar-refractivity contribution is -0.136. The summed E-state index contributed by atoms with van der Waals surface area (Å²) in [6.45, 7) is 0. The molecule has 0 aliphatic heterocycles. The van der Waals surface area contributed by atoms with E-state index in [0.717, 1.165) is 6.07 Å². The van der Waals surface area contributed by atoms with Gasteiger partial charge in [0.05, 0.1) is 11.1 Å². The molecule has 1 nitrogen and oxygen atoms in total. The van der Waals surface area contributed by atoms with Crippen molar-refractivity contribution in [2.24, 2.45) is 0 Å². The fourth-order valence-electron chi connectivity index (χ4n) is 1.37. The molecule has 1 aromatic carbocycles. The van der Waals surface area contributed by atoms with Gasteiger partial charge in [0.25, 0.3) is 0 Å². The number of hydrogen-bond acceptors (Lipinski definition) is 1. The summed E-state index contributed by atoms with van der Waals surface area (Å²) < 4.78 is 38.4. The van der Waals surface area contributed by atoms with Gasteiger partial charge in [0.2, 0.25) is 0 Å². The van der Waals surface area contributed by atoms with Gasteiger partial charge in [0, 0.05) is 16.1 Å². The van der Waals surface area contributed by atoms with E-state index >= 15 is 0 Å². The summed E-state index contributed by atoms with van der Waals surface area (Å²) in [6.07, 6.45) is -3.02. The van der Waals surface area contributed by atoms with Crippen molar-refractivity contribution in [3.63, 3.8) is 0 Å².